The summed E-state index contributed by atoms with van der Waals surface area (Å²) in [6.07, 6.45) is 5.26. The van der Waals surface area contributed by atoms with Gasteiger partial charge in [-0.05, 0) is 72.8 Å². The second kappa shape index (κ2) is 16.6. The van der Waals surface area contributed by atoms with Crippen LogP contribution in [0.25, 0.3) is 99.6 Å². The van der Waals surface area contributed by atoms with Crippen molar-refractivity contribution < 1.29 is 0 Å². The number of hydrogen-bond acceptors (Lipinski definition) is 9. The number of para-hydroxylation sites is 3. The monoisotopic (exact) mass is 888 g/mol. The zero-order valence-corrected chi connectivity index (χ0v) is 36.6. The summed E-state index contributed by atoms with van der Waals surface area (Å²) in [6.45, 7) is 0. The molecule has 0 radical (unpaired) electrons. The molecule has 3 N–H and O–H groups in total. The summed E-state index contributed by atoms with van der Waals surface area (Å²) in [5, 5.41) is 7.47. The van der Waals surface area contributed by atoms with E-state index in [9.17, 15) is 0 Å². The van der Waals surface area contributed by atoms with E-state index in [2.05, 4.69) is 84.5 Å². The van der Waals surface area contributed by atoms with Crippen LogP contribution in [-0.4, -0.2) is 44.9 Å². The van der Waals surface area contributed by atoms with Crippen molar-refractivity contribution in [1.82, 2.24) is 44.9 Å². The normalized spacial score (nSPS) is 12.6. The highest BCUT2D eigenvalue weighted by atomic mass is 15.0. The van der Waals surface area contributed by atoms with Gasteiger partial charge in [-0.25, -0.2) is 44.9 Å². The van der Waals surface area contributed by atoms with Gasteiger partial charge in [-0.1, -0.05) is 109 Å². The lowest BCUT2D eigenvalue weighted by Gasteiger charge is -2.15. The minimum atomic E-state index is 0.441. The second-order valence-electron chi connectivity index (χ2n) is 16.4. The van der Waals surface area contributed by atoms with Crippen molar-refractivity contribution in [1.29, 1.82) is 0 Å². The van der Waals surface area contributed by atoms with Crippen molar-refractivity contribution in [3.63, 3.8) is 0 Å². The highest BCUT2D eigenvalue weighted by Crippen LogP contribution is 2.34. The molecule has 0 saturated heterocycles. The maximum absolute atomic E-state index is 5.47. The first-order chi connectivity index (χ1) is 34.2. The van der Waals surface area contributed by atoms with Crippen LogP contribution in [0.1, 0.15) is 0 Å². The van der Waals surface area contributed by atoms with Crippen molar-refractivity contribution in [3.8, 4) is 34.2 Å². The molecule has 0 saturated carbocycles. The summed E-state index contributed by atoms with van der Waals surface area (Å²) in [7, 11) is 0. The van der Waals surface area contributed by atoms with E-state index in [-0.39, 0.29) is 0 Å². The Labute approximate surface area is 392 Å². The van der Waals surface area contributed by atoms with Crippen LogP contribution >= 0.6 is 0 Å². The lowest BCUT2D eigenvalue weighted by Crippen LogP contribution is -2.12. The van der Waals surface area contributed by atoms with Gasteiger partial charge < -0.3 is 15.0 Å². The molecule has 324 valence electrons. The minimum absolute atomic E-state index is 0.441. The molecule has 0 aliphatic heterocycles. The number of aromatic amines is 3. The molecule has 0 bridgehead atoms. The lowest BCUT2D eigenvalue weighted by atomic mass is 10.0. The molecular weight excluding hydrogens is 853 g/mol. The summed E-state index contributed by atoms with van der Waals surface area (Å²) in [6, 6.07) is 60.0. The van der Waals surface area contributed by atoms with Crippen LogP contribution in [-0.2, 0) is 0 Å². The molecule has 0 aliphatic carbocycles. The standard InChI is InChI=1S/C57H36N12/c1-4-22-40-34(16-1)52(64-46-28-7-10-31-58-46)49-37(19-13-25-43(49)61-40)55-67-56(38-20-14-26-44-50(38)53(65-47-29-8-11-32-59-47)35-17-2-5-23-41(35)62-44)69-57(68-55)39-21-15-27-45-51(39)54(66-48-30-9-12-33-60-48)36-18-3-6-24-42(36)63-45/h1-33H,(H,58,61,64)(H,59,62,65)(H,60,63,66). The third-order valence-electron chi connectivity index (χ3n) is 12.2. The van der Waals surface area contributed by atoms with E-state index in [4.69, 9.17) is 29.9 Å². The Kier molecular flexibility index (Phi) is 9.49. The molecular formula is C57H36N12. The Bertz CT molecular complexity index is 3910. The fraction of sp³-hybridized carbons (Fsp3) is 0. The number of benzene rings is 6. The predicted octanol–water partition coefficient (Wildman–Crippen LogP) is 11.7. The molecule has 0 fully saturated rings. The smallest absolute Gasteiger partial charge is 0.164 e. The van der Waals surface area contributed by atoms with Crippen molar-refractivity contribution >= 4 is 82.9 Å². The van der Waals surface area contributed by atoms with Crippen molar-refractivity contribution in [3.05, 3.63) is 217 Å². The number of nitrogens with zero attached hydrogens (tertiary/aromatic N) is 9. The SMILES string of the molecule is c1ccc(N=c2c3ccccc3[nH]c3cccc(-c4nc(-c5cccc6[nH]c7ccccc7c(=Nc7ccccn7)c56)nc(-c5cccc6[nH]c7ccccc7c(=Nc7ccccn7)c56)n4)c23)nc1. The quantitative estimate of drug-likeness (QED) is 0.141. The molecule has 7 heterocycles. The number of nitrogens with one attached hydrogen (secondary N) is 3. The molecule has 7 aromatic heterocycles. The Hall–Kier alpha value is -9.81. The van der Waals surface area contributed by atoms with Crippen molar-refractivity contribution in [2.75, 3.05) is 0 Å². The van der Waals surface area contributed by atoms with Crippen molar-refractivity contribution in [2.45, 2.75) is 0 Å². The van der Waals surface area contributed by atoms with Crippen LogP contribution in [0.3, 0.4) is 0 Å². The molecule has 12 nitrogen and oxygen atoms in total. The number of pyridine rings is 6. The van der Waals surface area contributed by atoms with Gasteiger partial charge in [0.2, 0.25) is 0 Å². The Balaban J connectivity index is 1.18. The number of H-pyrrole nitrogens is 3. The highest BCUT2D eigenvalue weighted by molar-refractivity contribution is 6.04. The molecule has 0 amide bonds. The average Bonchev–Trinajstić information content (AvgIpc) is 3.41. The van der Waals surface area contributed by atoms with Gasteiger partial charge in [0, 0.05) is 101 Å². The molecule has 0 atom stereocenters. The van der Waals surface area contributed by atoms with Crippen LogP contribution in [0.4, 0.5) is 17.5 Å². The average molecular weight is 889 g/mol. The number of rotatable bonds is 6. The van der Waals surface area contributed by atoms with Crippen molar-refractivity contribution in [2.24, 2.45) is 15.0 Å². The van der Waals surface area contributed by atoms with E-state index >= 15 is 0 Å². The van der Waals surface area contributed by atoms with Gasteiger partial charge in [0.25, 0.3) is 0 Å². The maximum Gasteiger partial charge on any atom is 0.164 e. The Morgan fingerprint density at radius 3 is 0.870 bits per heavy atom. The molecule has 13 aromatic rings. The zero-order chi connectivity index (χ0) is 45.7. The van der Waals surface area contributed by atoms with Gasteiger partial charge in [0.05, 0.1) is 16.1 Å². The molecule has 13 rings (SSSR count). The van der Waals surface area contributed by atoms with Gasteiger partial charge in [-0.3, -0.25) is 0 Å². The number of aromatic nitrogens is 9. The molecule has 12 heteroatoms. The zero-order valence-electron chi connectivity index (χ0n) is 36.6. The third-order valence-corrected chi connectivity index (χ3v) is 12.2. The summed E-state index contributed by atoms with van der Waals surface area (Å²) in [4.78, 5) is 57.1. The first-order valence-corrected chi connectivity index (χ1v) is 22.5. The predicted molar refractivity (Wildman–Crippen MR) is 273 cm³/mol. The van der Waals surface area contributed by atoms with Gasteiger partial charge in [0.1, 0.15) is 0 Å². The number of fused-ring (bicyclic) bond motifs is 6. The molecule has 6 aromatic carbocycles. The fourth-order valence-corrected chi connectivity index (χ4v) is 9.22. The van der Waals surface area contributed by atoms with Gasteiger partial charge in [-0.15, -0.1) is 0 Å². The third kappa shape index (κ3) is 7.07. The van der Waals surface area contributed by atoms with E-state index < -0.39 is 0 Å². The van der Waals surface area contributed by atoms with Gasteiger partial charge >= 0.3 is 0 Å². The first kappa shape index (κ1) is 39.5. The van der Waals surface area contributed by atoms with Crippen LogP contribution in [0.5, 0.6) is 0 Å². The summed E-state index contributed by atoms with van der Waals surface area (Å²) in [5.41, 5.74) is 7.61. The Morgan fingerprint density at radius 2 is 0.565 bits per heavy atom. The van der Waals surface area contributed by atoms with E-state index in [1.807, 2.05) is 127 Å². The van der Waals surface area contributed by atoms with Crippen LogP contribution in [0.15, 0.2) is 216 Å². The second-order valence-corrected chi connectivity index (χ2v) is 16.4. The summed E-state index contributed by atoms with van der Waals surface area (Å²) in [5.74, 6) is 3.06. The maximum atomic E-state index is 5.47. The van der Waals surface area contributed by atoms with Crippen LogP contribution < -0.4 is 16.1 Å². The first-order valence-electron chi connectivity index (χ1n) is 22.5. The minimum Gasteiger partial charge on any atom is -0.354 e. The Morgan fingerprint density at radius 1 is 0.275 bits per heavy atom. The van der Waals surface area contributed by atoms with Crippen LogP contribution in [0, 0.1) is 0 Å². The summed E-state index contributed by atoms with van der Waals surface area (Å²) < 4.78 is 0. The van der Waals surface area contributed by atoms with Gasteiger partial charge in [-0.2, -0.15) is 0 Å². The van der Waals surface area contributed by atoms with Crippen LogP contribution in [0.2, 0.25) is 0 Å². The summed E-state index contributed by atoms with van der Waals surface area (Å²) >= 11 is 0. The molecule has 69 heavy (non-hydrogen) atoms. The topological polar surface area (TPSA) is 162 Å². The van der Waals surface area contributed by atoms with Gasteiger partial charge in [0.15, 0.2) is 34.9 Å². The molecule has 0 unspecified atom stereocenters. The largest absolute Gasteiger partial charge is 0.354 e. The number of hydrogen-bond donors (Lipinski definition) is 3. The van der Waals surface area contributed by atoms with E-state index in [0.29, 0.717) is 34.9 Å². The molecule has 0 aliphatic rings. The fourth-order valence-electron chi connectivity index (χ4n) is 9.22. The molecule has 0 spiro atoms. The lowest BCUT2D eigenvalue weighted by molar-refractivity contribution is 1.08. The van der Waals surface area contributed by atoms with E-state index in [1.165, 1.54) is 0 Å². The van der Waals surface area contributed by atoms with E-state index in [1.54, 1.807) is 18.6 Å². The van der Waals surface area contributed by atoms with E-state index in [0.717, 1.165) is 98.2 Å². The highest BCUT2D eigenvalue weighted by Gasteiger charge is 2.21.